The van der Waals surface area contributed by atoms with Crippen LogP contribution in [0, 0.1) is 0 Å². The van der Waals surface area contributed by atoms with Gasteiger partial charge in [-0.2, -0.15) is 0 Å². The fourth-order valence-corrected chi connectivity index (χ4v) is 4.39. The number of amides is 1. The highest BCUT2D eigenvalue weighted by molar-refractivity contribution is 8.14. The van der Waals surface area contributed by atoms with Gasteiger partial charge in [0.2, 0.25) is 0 Å². The molecule has 1 amide bonds. The van der Waals surface area contributed by atoms with Crippen molar-refractivity contribution < 1.29 is 30.0 Å². The van der Waals surface area contributed by atoms with Crippen LogP contribution in [0.1, 0.15) is 12.5 Å². The standard InChI is InChI=1S/C17H22N2O6S/c1-9(19(17(23)24)7-10-5-3-2-4-6-10)15-18-12-14(22)13(21)11(8-20)25-16(12)26-15/h2-6,9,11-14,16,20-22H,7-8H2,1H3,(H,23,24)/t9?,11-,12-,13-,14-,16-/m1/s1. The minimum Gasteiger partial charge on any atom is -0.465 e. The van der Waals surface area contributed by atoms with Gasteiger partial charge in [-0.25, -0.2) is 4.79 Å². The first kappa shape index (κ1) is 19.1. The van der Waals surface area contributed by atoms with E-state index >= 15 is 0 Å². The van der Waals surface area contributed by atoms with Gasteiger partial charge in [-0.15, -0.1) is 0 Å². The third-order valence-electron chi connectivity index (χ3n) is 4.63. The second-order valence-corrected chi connectivity index (χ2v) is 7.47. The van der Waals surface area contributed by atoms with E-state index in [0.29, 0.717) is 5.04 Å². The van der Waals surface area contributed by atoms with Crippen molar-refractivity contribution in [3.05, 3.63) is 35.9 Å². The fourth-order valence-electron chi connectivity index (χ4n) is 3.09. The maximum atomic E-state index is 11.7. The van der Waals surface area contributed by atoms with Crippen LogP contribution in [0.3, 0.4) is 0 Å². The molecule has 26 heavy (non-hydrogen) atoms. The Morgan fingerprint density at radius 1 is 1.31 bits per heavy atom. The lowest BCUT2D eigenvalue weighted by Crippen LogP contribution is -2.55. The average molecular weight is 382 g/mol. The summed E-state index contributed by atoms with van der Waals surface area (Å²) in [7, 11) is 0. The molecule has 1 aromatic carbocycles. The molecular formula is C17H22N2O6S. The molecular weight excluding hydrogens is 360 g/mol. The highest BCUT2D eigenvalue weighted by Gasteiger charge is 2.49. The normalized spacial score (nSPS) is 31.8. The van der Waals surface area contributed by atoms with Gasteiger partial charge in [0.25, 0.3) is 0 Å². The number of carboxylic acid groups (broad SMARTS) is 1. The summed E-state index contributed by atoms with van der Waals surface area (Å²) in [5, 5.41) is 39.6. The van der Waals surface area contributed by atoms with Crippen LogP contribution in [-0.4, -0.2) is 78.9 Å². The molecule has 2 aliphatic heterocycles. The number of nitrogens with zero attached hydrogens (tertiary/aromatic N) is 2. The van der Waals surface area contributed by atoms with E-state index in [2.05, 4.69) is 4.99 Å². The Hall–Kier alpha value is -1.65. The van der Waals surface area contributed by atoms with E-state index < -0.39 is 48.5 Å². The first-order valence-electron chi connectivity index (χ1n) is 8.32. The minimum atomic E-state index is -1.24. The van der Waals surface area contributed by atoms with Crippen LogP contribution in [0.4, 0.5) is 4.79 Å². The summed E-state index contributed by atoms with van der Waals surface area (Å²) in [6.07, 6.45) is -4.37. The van der Waals surface area contributed by atoms with Gasteiger partial charge in [-0.1, -0.05) is 42.1 Å². The minimum absolute atomic E-state index is 0.206. The molecule has 3 rings (SSSR count). The molecule has 0 bridgehead atoms. The molecule has 2 aliphatic rings. The molecule has 0 saturated carbocycles. The summed E-state index contributed by atoms with van der Waals surface area (Å²) in [6.45, 7) is 1.52. The summed E-state index contributed by atoms with van der Waals surface area (Å²) in [5.41, 5.74) is 0.296. The summed E-state index contributed by atoms with van der Waals surface area (Å²) in [6, 6.07) is 8.02. The SMILES string of the molecule is CC(C1=N[C@@H]2[C@@H](O)[C@H](O)[C@@H](CO)O[C@@H]2S1)N(Cc1ccccc1)C(=O)O. The average Bonchev–Trinajstić information content (AvgIpc) is 3.07. The van der Waals surface area contributed by atoms with Gasteiger partial charge in [0.05, 0.1) is 17.7 Å². The van der Waals surface area contributed by atoms with Crippen molar-refractivity contribution in [2.24, 2.45) is 4.99 Å². The molecule has 0 spiro atoms. The third-order valence-corrected chi connectivity index (χ3v) is 5.94. The van der Waals surface area contributed by atoms with Gasteiger partial charge in [-0.05, 0) is 12.5 Å². The molecule has 2 heterocycles. The molecule has 1 aromatic rings. The zero-order valence-electron chi connectivity index (χ0n) is 14.2. The van der Waals surface area contributed by atoms with E-state index in [1.165, 1.54) is 16.7 Å². The van der Waals surface area contributed by atoms with Crippen molar-refractivity contribution in [1.29, 1.82) is 0 Å². The number of rotatable bonds is 5. The van der Waals surface area contributed by atoms with Crippen LogP contribution < -0.4 is 0 Å². The van der Waals surface area contributed by atoms with Crippen LogP contribution in [0.25, 0.3) is 0 Å². The van der Waals surface area contributed by atoms with E-state index in [0.717, 1.165) is 5.56 Å². The molecule has 4 N–H and O–H groups in total. The Balaban J connectivity index is 1.76. The number of benzene rings is 1. The molecule has 1 fully saturated rings. The highest BCUT2D eigenvalue weighted by Crippen LogP contribution is 2.38. The third kappa shape index (κ3) is 3.72. The van der Waals surface area contributed by atoms with E-state index in [-0.39, 0.29) is 6.54 Å². The molecule has 0 radical (unpaired) electrons. The number of aliphatic hydroxyl groups excluding tert-OH is 3. The van der Waals surface area contributed by atoms with Gasteiger partial charge in [0.15, 0.2) is 0 Å². The second-order valence-electron chi connectivity index (χ2n) is 6.35. The number of fused-ring (bicyclic) bond motifs is 1. The first-order valence-corrected chi connectivity index (χ1v) is 9.20. The van der Waals surface area contributed by atoms with E-state index in [1.54, 1.807) is 6.92 Å². The summed E-state index contributed by atoms with van der Waals surface area (Å²) >= 11 is 1.22. The number of carbonyl (C=O) groups is 1. The van der Waals surface area contributed by atoms with Crippen molar-refractivity contribution in [3.63, 3.8) is 0 Å². The van der Waals surface area contributed by atoms with Crippen molar-refractivity contribution >= 4 is 22.9 Å². The Labute approximate surface area is 155 Å². The molecule has 0 aliphatic carbocycles. The first-order chi connectivity index (χ1) is 12.4. The van der Waals surface area contributed by atoms with Gasteiger partial charge in [0.1, 0.15) is 29.8 Å². The Bertz CT molecular complexity index is 672. The molecule has 6 atom stereocenters. The molecule has 142 valence electrons. The zero-order chi connectivity index (χ0) is 18.8. The molecule has 0 aromatic heterocycles. The van der Waals surface area contributed by atoms with E-state index in [4.69, 9.17) is 4.74 Å². The van der Waals surface area contributed by atoms with Gasteiger partial charge in [0, 0.05) is 6.54 Å². The molecule has 9 heteroatoms. The maximum absolute atomic E-state index is 11.7. The fraction of sp³-hybridized carbons (Fsp3) is 0.529. The smallest absolute Gasteiger partial charge is 0.408 e. The predicted octanol–water partition coefficient (Wildman–Crippen LogP) is 0.508. The highest BCUT2D eigenvalue weighted by atomic mass is 32.2. The topological polar surface area (TPSA) is 123 Å². The van der Waals surface area contributed by atoms with Crippen LogP contribution in [-0.2, 0) is 11.3 Å². The molecule has 1 saturated heterocycles. The summed E-state index contributed by atoms with van der Waals surface area (Å²) < 4.78 is 5.60. The number of ether oxygens (including phenoxy) is 1. The predicted molar refractivity (Wildman–Crippen MR) is 96.0 cm³/mol. The van der Waals surface area contributed by atoms with Crippen LogP contribution in [0.2, 0.25) is 0 Å². The number of aliphatic hydroxyl groups is 3. The van der Waals surface area contributed by atoms with Crippen molar-refractivity contribution in [2.75, 3.05) is 6.61 Å². The van der Waals surface area contributed by atoms with E-state index in [9.17, 15) is 25.2 Å². The van der Waals surface area contributed by atoms with Crippen molar-refractivity contribution in [2.45, 2.75) is 49.3 Å². The lowest BCUT2D eigenvalue weighted by Gasteiger charge is -2.37. The Morgan fingerprint density at radius 2 is 2.00 bits per heavy atom. The largest absolute Gasteiger partial charge is 0.465 e. The van der Waals surface area contributed by atoms with Crippen LogP contribution >= 0.6 is 11.8 Å². The number of hydrogen-bond acceptors (Lipinski definition) is 7. The van der Waals surface area contributed by atoms with Crippen LogP contribution in [0.15, 0.2) is 35.3 Å². The summed E-state index contributed by atoms with van der Waals surface area (Å²) in [5.74, 6) is 0. The quantitative estimate of drug-likeness (QED) is 0.585. The van der Waals surface area contributed by atoms with Gasteiger partial charge >= 0.3 is 6.09 Å². The Kier molecular flexibility index (Phi) is 5.83. The lowest BCUT2D eigenvalue weighted by atomic mass is 9.99. The number of thioether (sulfide) groups is 1. The molecule has 1 unspecified atom stereocenters. The van der Waals surface area contributed by atoms with E-state index in [1.807, 2.05) is 30.3 Å². The van der Waals surface area contributed by atoms with Crippen molar-refractivity contribution in [3.8, 4) is 0 Å². The van der Waals surface area contributed by atoms with Crippen LogP contribution in [0.5, 0.6) is 0 Å². The maximum Gasteiger partial charge on any atom is 0.408 e. The zero-order valence-corrected chi connectivity index (χ0v) is 15.0. The second kappa shape index (κ2) is 7.93. The monoisotopic (exact) mass is 382 g/mol. The van der Waals surface area contributed by atoms with Gasteiger partial charge in [-0.3, -0.25) is 9.89 Å². The van der Waals surface area contributed by atoms with Crippen molar-refractivity contribution in [1.82, 2.24) is 4.90 Å². The summed E-state index contributed by atoms with van der Waals surface area (Å²) in [4.78, 5) is 17.4. The number of aliphatic imine (C=N–C) groups is 1. The lowest BCUT2D eigenvalue weighted by molar-refractivity contribution is -0.164. The Morgan fingerprint density at radius 3 is 2.62 bits per heavy atom. The number of hydrogen-bond donors (Lipinski definition) is 4. The van der Waals surface area contributed by atoms with Gasteiger partial charge < -0.3 is 25.2 Å². The molecule has 8 nitrogen and oxygen atoms in total.